The van der Waals surface area contributed by atoms with E-state index in [-0.39, 0.29) is 0 Å². The quantitative estimate of drug-likeness (QED) is 0.813. The first kappa shape index (κ1) is 12.6. The van der Waals surface area contributed by atoms with Crippen LogP contribution in [-0.4, -0.2) is 12.6 Å². The van der Waals surface area contributed by atoms with Gasteiger partial charge in [-0.25, -0.2) is 0 Å². The van der Waals surface area contributed by atoms with E-state index in [9.17, 15) is 0 Å². The predicted octanol–water partition coefficient (Wildman–Crippen LogP) is 3.79. The molecule has 0 bridgehead atoms. The SMILES string of the molecule is CC(C)NCC1(Cc2ccccc2)CCCC1. The van der Waals surface area contributed by atoms with Gasteiger partial charge in [0.1, 0.15) is 0 Å². The van der Waals surface area contributed by atoms with Gasteiger partial charge in [-0.1, -0.05) is 57.0 Å². The highest BCUT2D eigenvalue weighted by atomic mass is 14.9. The molecule has 0 saturated heterocycles. The number of hydrogen-bond acceptors (Lipinski definition) is 1. The molecule has 1 aromatic rings. The number of hydrogen-bond donors (Lipinski definition) is 1. The first-order valence-corrected chi connectivity index (χ1v) is 6.98. The maximum absolute atomic E-state index is 3.65. The van der Waals surface area contributed by atoms with Crippen molar-refractivity contribution in [2.45, 2.75) is 52.0 Å². The molecule has 1 aliphatic rings. The Labute approximate surface area is 106 Å². The Bertz CT molecular complexity index is 323. The highest BCUT2D eigenvalue weighted by molar-refractivity contribution is 5.17. The molecule has 1 aliphatic carbocycles. The summed E-state index contributed by atoms with van der Waals surface area (Å²) in [6, 6.07) is 11.6. The smallest absolute Gasteiger partial charge is 0.00134 e. The van der Waals surface area contributed by atoms with Crippen molar-refractivity contribution >= 4 is 0 Å². The lowest BCUT2D eigenvalue weighted by Crippen LogP contribution is -2.37. The summed E-state index contributed by atoms with van der Waals surface area (Å²) in [5, 5.41) is 3.65. The standard InChI is InChI=1S/C16H25N/c1-14(2)17-13-16(10-6-7-11-16)12-15-8-4-3-5-9-15/h3-5,8-9,14,17H,6-7,10-13H2,1-2H3. The Balaban J connectivity index is 2.01. The van der Waals surface area contributed by atoms with Crippen LogP contribution in [0, 0.1) is 5.41 Å². The van der Waals surface area contributed by atoms with Crippen LogP contribution in [0.15, 0.2) is 30.3 Å². The molecule has 0 atom stereocenters. The summed E-state index contributed by atoms with van der Waals surface area (Å²) in [5.74, 6) is 0. The van der Waals surface area contributed by atoms with E-state index in [0.717, 1.165) is 0 Å². The summed E-state index contributed by atoms with van der Waals surface area (Å²) in [6.45, 7) is 5.66. The van der Waals surface area contributed by atoms with Crippen molar-refractivity contribution in [2.75, 3.05) is 6.54 Å². The lowest BCUT2D eigenvalue weighted by molar-refractivity contribution is 0.269. The molecule has 0 unspecified atom stereocenters. The fourth-order valence-electron chi connectivity index (χ4n) is 2.99. The predicted molar refractivity (Wildman–Crippen MR) is 74.2 cm³/mol. The average molecular weight is 231 g/mol. The van der Waals surface area contributed by atoms with Crippen LogP contribution >= 0.6 is 0 Å². The van der Waals surface area contributed by atoms with Crippen LogP contribution in [0.3, 0.4) is 0 Å². The third-order valence-electron chi connectivity index (χ3n) is 3.97. The molecule has 1 saturated carbocycles. The summed E-state index contributed by atoms with van der Waals surface area (Å²) >= 11 is 0. The molecule has 94 valence electrons. The second kappa shape index (κ2) is 5.68. The lowest BCUT2D eigenvalue weighted by atomic mass is 9.80. The van der Waals surface area contributed by atoms with E-state index in [1.165, 1.54) is 44.2 Å². The van der Waals surface area contributed by atoms with E-state index in [0.29, 0.717) is 11.5 Å². The maximum Gasteiger partial charge on any atom is 0.00134 e. The lowest BCUT2D eigenvalue weighted by Gasteiger charge is -2.30. The van der Waals surface area contributed by atoms with E-state index in [2.05, 4.69) is 49.5 Å². The Morgan fingerprint density at radius 3 is 2.35 bits per heavy atom. The van der Waals surface area contributed by atoms with Gasteiger partial charge in [0.25, 0.3) is 0 Å². The summed E-state index contributed by atoms with van der Waals surface area (Å²) < 4.78 is 0. The fraction of sp³-hybridized carbons (Fsp3) is 0.625. The minimum absolute atomic E-state index is 0.519. The zero-order valence-corrected chi connectivity index (χ0v) is 11.2. The van der Waals surface area contributed by atoms with Gasteiger partial charge in [0, 0.05) is 12.6 Å². The largest absolute Gasteiger partial charge is 0.314 e. The van der Waals surface area contributed by atoms with Crippen molar-refractivity contribution in [3.05, 3.63) is 35.9 Å². The van der Waals surface area contributed by atoms with E-state index in [1.54, 1.807) is 0 Å². The van der Waals surface area contributed by atoms with Crippen molar-refractivity contribution in [2.24, 2.45) is 5.41 Å². The van der Waals surface area contributed by atoms with Crippen LogP contribution in [0.2, 0.25) is 0 Å². The van der Waals surface area contributed by atoms with Gasteiger partial charge in [-0.15, -0.1) is 0 Å². The first-order chi connectivity index (χ1) is 8.20. The molecule has 0 amide bonds. The van der Waals surface area contributed by atoms with Gasteiger partial charge >= 0.3 is 0 Å². The van der Waals surface area contributed by atoms with Crippen LogP contribution < -0.4 is 5.32 Å². The van der Waals surface area contributed by atoms with Gasteiger partial charge in [-0.3, -0.25) is 0 Å². The fourth-order valence-corrected chi connectivity index (χ4v) is 2.99. The second-order valence-corrected chi connectivity index (χ2v) is 5.91. The van der Waals surface area contributed by atoms with E-state index < -0.39 is 0 Å². The minimum Gasteiger partial charge on any atom is -0.314 e. The van der Waals surface area contributed by atoms with Gasteiger partial charge in [0.2, 0.25) is 0 Å². The zero-order valence-electron chi connectivity index (χ0n) is 11.2. The van der Waals surface area contributed by atoms with Crippen molar-refractivity contribution in [1.82, 2.24) is 5.32 Å². The Morgan fingerprint density at radius 2 is 1.76 bits per heavy atom. The van der Waals surface area contributed by atoms with Crippen molar-refractivity contribution in [1.29, 1.82) is 0 Å². The molecule has 0 heterocycles. The topological polar surface area (TPSA) is 12.0 Å². The average Bonchev–Trinajstić information content (AvgIpc) is 2.77. The molecule has 1 heteroatoms. The van der Waals surface area contributed by atoms with E-state index >= 15 is 0 Å². The van der Waals surface area contributed by atoms with E-state index in [1.807, 2.05) is 0 Å². The highest BCUT2D eigenvalue weighted by Crippen LogP contribution is 2.40. The van der Waals surface area contributed by atoms with Crippen LogP contribution in [-0.2, 0) is 6.42 Å². The van der Waals surface area contributed by atoms with Crippen LogP contribution in [0.4, 0.5) is 0 Å². The zero-order chi connectivity index (χ0) is 12.1. The molecular weight excluding hydrogens is 206 g/mol. The third-order valence-corrected chi connectivity index (χ3v) is 3.97. The Hall–Kier alpha value is -0.820. The van der Waals surface area contributed by atoms with Gasteiger partial charge < -0.3 is 5.32 Å². The molecule has 1 aromatic carbocycles. The molecule has 1 nitrogen and oxygen atoms in total. The van der Waals surface area contributed by atoms with Crippen LogP contribution in [0.5, 0.6) is 0 Å². The minimum atomic E-state index is 0.519. The Morgan fingerprint density at radius 1 is 1.12 bits per heavy atom. The van der Waals surface area contributed by atoms with Crippen molar-refractivity contribution in [3.63, 3.8) is 0 Å². The number of benzene rings is 1. The van der Waals surface area contributed by atoms with Gasteiger partial charge in [-0.2, -0.15) is 0 Å². The third kappa shape index (κ3) is 3.57. The molecule has 2 rings (SSSR count). The second-order valence-electron chi connectivity index (χ2n) is 5.91. The molecule has 17 heavy (non-hydrogen) atoms. The summed E-state index contributed by atoms with van der Waals surface area (Å²) in [7, 11) is 0. The first-order valence-electron chi connectivity index (χ1n) is 6.98. The molecule has 0 radical (unpaired) electrons. The number of nitrogens with one attached hydrogen (secondary N) is 1. The van der Waals surface area contributed by atoms with E-state index in [4.69, 9.17) is 0 Å². The normalized spacial score (nSPS) is 18.8. The molecule has 0 spiro atoms. The summed E-state index contributed by atoms with van der Waals surface area (Å²) in [5.41, 5.74) is 2.02. The van der Waals surface area contributed by atoms with Crippen molar-refractivity contribution in [3.8, 4) is 0 Å². The number of rotatable bonds is 5. The molecule has 0 aliphatic heterocycles. The molecule has 0 aromatic heterocycles. The molecule has 1 N–H and O–H groups in total. The van der Waals surface area contributed by atoms with Gasteiger partial charge in [0.15, 0.2) is 0 Å². The molecule has 1 fully saturated rings. The van der Waals surface area contributed by atoms with Crippen LogP contribution in [0.1, 0.15) is 45.1 Å². The van der Waals surface area contributed by atoms with Crippen molar-refractivity contribution < 1.29 is 0 Å². The van der Waals surface area contributed by atoms with Crippen LogP contribution in [0.25, 0.3) is 0 Å². The molecular formula is C16H25N. The summed E-state index contributed by atoms with van der Waals surface area (Å²) in [6.07, 6.45) is 6.84. The highest BCUT2D eigenvalue weighted by Gasteiger charge is 2.33. The Kier molecular flexibility index (Phi) is 4.22. The van der Waals surface area contributed by atoms with Gasteiger partial charge in [-0.05, 0) is 30.2 Å². The maximum atomic E-state index is 3.65. The summed E-state index contributed by atoms with van der Waals surface area (Å²) in [4.78, 5) is 0. The van der Waals surface area contributed by atoms with Gasteiger partial charge in [0.05, 0.1) is 0 Å². The monoisotopic (exact) mass is 231 g/mol.